The van der Waals surface area contributed by atoms with Crippen molar-refractivity contribution in [3.05, 3.63) is 24.3 Å². The minimum atomic E-state index is -4.39. The molecule has 10 heteroatoms. The summed E-state index contributed by atoms with van der Waals surface area (Å²) < 4.78 is 32.6. The molecule has 0 aliphatic carbocycles. The topological polar surface area (TPSA) is 134 Å². The lowest BCUT2D eigenvalue weighted by molar-refractivity contribution is -0.159. The number of nitrogens with two attached hydrogens (primary N) is 1. The molecule has 0 spiro atoms. The summed E-state index contributed by atoms with van der Waals surface area (Å²) in [6, 6.07) is 0. The third kappa shape index (κ3) is 40.0. The van der Waals surface area contributed by atoms with Crippen LogP contribution < -0.4 is 5.73 Å². The molecular weight excluding hydrogens is 689 g/mol. The van der Waals surface area contributed by atoms with Crippen LogP contribution in [0.25, 0.3) is 0 Å². The number of esters is 2. The first kappa shape index (κ1) is 51.5. The fourth-order valence-electron chi connectivity index (χ4n) is 6.20. The summed E-state index contributed by atoms with van der Waals surface area (Å²) in [6.07, 6.45) is 42.7. The predicted octanol–water partition coefficient (Wildman–Crippen LogP) is 12.4. The molecule has 312 valence electrons. The van der Waals surface area contributed by atoms with Gasteiger partial charge in [-0.15, -0.1) is 0 Å². The van der Waals surface area contributed by atoms with Gasteiger partial charge in [-0.3, -0.25) is 13.8 Å². The average molecular weight is 772 g/mol. The summed E-state index contributed by atoms with van der Waals surface area (Å²) in [4.78, 5) is 34.7. The lowest BCUT2D eigenvalue weighted by Crippen LogP contribution is -2.29. The van der Waals surface area contributed by atoms with Crippen molar-refractivity contribution < 1.29 is 37.6 Å². The van der Waals surface area contributed by atoms with E-state index >= 15 is 0 Å². The van der Waals surface area contributed by atoms with Gasteiger partial charge in [-0.1, -0.05) is 199 Å². The largest absolute Gasteiger partial charge is 0.472 e. The van der Waals surface area contributed by atoms with E-state index in [-0.39, 0.29) is 26.2 Å². The van der Waals surface area contributed by atoms with E-state index in [0.717, 1.165) is 32.1 Å². The molecule has 53 heavy (non-hydrogen) atoms. The molecule has 0 aromatic rings. The Morgan fingerprint density at radius 2 is 1.04 bits per heavy atom. The second-order valence-corrected chi connectivity index (χ2v) is 16.1. The number of phosphoric acid groups is 1. The van der Waals surface area contributed by atoms with E-state index in [4.69, 9.17) is 24.3 Å². The van der Waals surface area contributed by atoms with Gasteiger partial charge in [-0.25, -0.2) is 9.36 Å². The summed E-state index contributed by atoms with van der Waals surface area (Å²) >= 11 is 0. The number of hydrogen-bond donors (Lipinski definition) is 2. The van der Waals surface area contributed by atoms with E-state index in [9.17, 15) is 19.0 Å². The summed E-state index contributed by atoms with van der Waals surface area (Å²) in [6.45, 7) is 3.63. The minimum absolute atomic E-state index is 0.0450. The van der Waals surface area contributed by atoms with Gasteiger partial charge < -0.3 is 20.1 Å². The van der Waals surface area contributed by atoms with Crippen LogP contribution in [0.3, 0.4) is 0 Å². The van der Waals surface area contributed by atoms with E-state index < -0.39 is 32.5 Å². The van der Waals surface area contributed by atoms with Crippen LogP contribution in [0.5, 0.6) is 0 Å². The Bertz CT molecular complexity index is 928. The fraction of sp³-hybridized carbons (Fsp3) is 0.860. The molecule has 0 aromatic heterocycles. The maximum absolute atomic E-state index is 12.6. The maximum atomic E-state index is 12.6. The SMILES string of the molecule is CCCCCCCCCCCCC/C=C/C=C/C(=O)OC[C@H](COP(=O)(O)OCCN)OC(=O)CCCCCCCCCCCCCCCCCCC. The molecule has 0 fully saturated rings. The number of rotatable bonds is 41. The summed E-state index contributed by atoms with van der Waals surface area (Å²) in [5.74, 6) is -1.07. The van der Waals surface area contributed by atoms with Crippen molar-refractivity contribution in [2.45, 2.75) is 213 Å². The zero-order valence-corrected chi connectivity index (χ0v) is 35.2. The van der Waals surface area contributed by atoms with Gasteiger partial charge in [0.15, 0.2) is 6.10 Å². The summed E-state index contributed by atoms with van der Waals surface area (Å²) in [5.41, 5.74) is 5.34. The van der Waals surface area contributed by atoms with Crippen molar-refractivity contribution in [3.63, 3.8) is 0 Å². The molecule has 9 nitrogen and oxygen atoms in total. The van der Waals surface area contributed by atoms with Crippen molar-refractivity contribution in [1.82, 2.24) is 0 Å². The van der Waals surface area contributed by atoms with Crippen LogP contribution in [0.1, 0.15) is 206 Å². The van der Waals surface area contributed by atoms with Gasteiger partial charge in [-0.2, -0.15) is 0 Å². The second kappa shape index (κ2) is 40.2. The molecule has 2 atom stereocenters. The monoisotopic (exact) mass is 772 g/mol. The number of phosphoric ester groups is 1. The van der Waals surface area contributed by atoms with Gasteiger partial charge in [0.25, 0.3) is 0 Å². The molecule has 0 amide bonds. The lowest BCUT2D eigenvalue weighted by Gasteiger charge is -2.19. The lowest BCUT2D eigenvalue weighted by atomic mass is 10.0. The highest BCUT2D eigenvalue weighted by Crippen LogP contribution is 2.43. The molecule has 3 N–H and O–H groups in total. The Hall–Kier alpha value is -1.51. The molecule has 0 rings (SSSR count). The van der Waals surface area contributed by atoms with Gasteiger partial charge in [-0.05, 0) is 19.3 Å². The van der Waals surface area contributed by atoms with Gasteiger partial charge >= 0.3 is 19.8 Å². The number of carbonyl (C=O) groups excluding carboxylic acids is 2. The third-order valence-corrected chi connectivity index (χ3v) is 10.4. The zero-order chi connectivity index (χ0) is 38.9. The minimum Gasteiger partial charge on any atom is -0.458 e. The Morgan fingerprint density at radius 1 is 0.604 bits per heavy atom. The van der Waals surface area contributed by atoms with E-state index in [2.05, 4.69) is 13.8 Å². The Labute approximate surface area is 325 Å². The first-order valence-corrected chi connectivity index (χ1v) is 23.4. The molecule has 0 radical (unpaired) electrons. The molecule has 0 bridgehead atoms. The molecule has 0 saturated heterocycles. The fourth-order valence-corrected chi connectivity index (χ4v) is 6.96. The highest BCUT2D eigenvalue weighted by Gasteiger charge is 2.25. The maximum Gasteiger partial charge on any atom is 0.472 e. The number of allylic oxidation sites excluding steroid dienone is 3. The molecule has 0 aliphatic heterocycles. The normalized spacial score (nSPS) is 13.5. The van der Waals surface area contributed by atoms with Crippen molar-refractivity contribution in [2.75, 3.05) is 26.4 Å². The third-order valence-electron chi connectivity index (χ3n) is 9.44. The first-order valence-electron chi connectivity index (χ1n) is 21.9. The Balaban J connectivity index is 4.21. The van der Waals surface area contributed by atoms with E-state index in [0.29, 0.717) is 6.42 Å². The second-order valence-electron chi connectivity index (χ2n) is 14.6. The van der Waals surface area contributed by atoms with Gasteiger partial charge in [0.05, 0.1) is 13.2 Å². The average Bonchev–Trinajstić information content (AvgIpc) is 3.14. The molecule has 0 saturated carbocycles. The highest BCUT2D eigenvalue weighted by molar-refractivity contribution is 7.47. The molecule has 0 aliphatic rings. The van der Waals surface area contributed by atoms with Gasteiger partial charge in [0, 0.05) is 19.0 Å². The quantitative estimate of drug-likeness (QED) is 0.0205. The molecule has 0 heterocycles. The first-order chi connectivity index (χ1) is 25.8. The van der Waals surface area contributed by atoms with Crippen molar-refractivity contribution in [2.24, 2.45) is 5.73 Å². The zero-order valence-electron chi connectivity index (χ0n) is 34.3. The number of unbranched alkanes of at least 4 members (excludes halogenated alkanes) is 27. The van der Waals surface area contributed by atoms with Crippen molar-refractivity contribution >= 4 is 19.8 Å². The Morgan fingerprint density at radius 3 is 1.49 bits per heavy atom. The van der Waals surface area contributed by atoms with Crippen LogP contribution >= 0.6 is 7.82 Å². The predicted molar refractivity (Wildman–Crippen MR) is 220 cm³/mol. The van der Waals surface area contributed by atoms with Crippen molar-refractivity contribution in [3.8, 4) is 0 Å². The molecule has 1 unspecified atom stereocenters. The van der Waals surface area contributed by atoms with E-state index in [1.54, 1.807) is 6.08 Å². The van der Waals surface area contributed by atoms with E-state index in [1.807, 2.05) is 12.2 Å². The highest BCUT2D eigenvalue weighted by atomic mass is 31.2. The number of ether oxygens (including phenoxy) is 2. The smallest absolute Gasteiger partial charge is 0.458 e. The summed E-state index contributed by atoms with van der Waals surface area (Å²) in [5, 5.41) is 0. The summed E-state index contributed by atoms with van der Waals surface area (Å²) in [7, 11) is -4.39. The van der Waals surface area contributed by atoms with Crippen LogP contribution in [0.2, 0.25) is 0 Å². The van der Waals surface area contributed by atoms with Crippen LogP contribution in [-0.2, 0) is 32.7 Å². The van der Waals surface area contributed by atoms with E-state index in [1.165, 1.54) is 154 Å². The Kier molecular flexibility index (Phi) is 39.0. The van der Waals surface area contributed by atoms with Gasteiger partial charge in [0.1, 0.15) is 6.61 Å². The van der Waals surface area contributed by atoms with Crippen LogP contribution in [0.4, 0.5) is 0 Å². The molecular formula is C43H82NO8P. The van der Waals surface area contributed by atoms with Crippen LogP contribution in [0, 0.1) is 0 Å². The van der Waals surface area contributed by atoms with Crippen LogP contribution in [-0.4, -0.2) is 49.3 Å². The van der Waals surface area contributed by atoms with Crippen molar-refractivity contribution in [1.29, 1.82) is 0 Å². The number of hydrogen-bond acceptors (Lipinski definition) is 8. The molecule has 0 aromatic carbocycles. The van der Waals surface area contributed by atoms with Gasteiger partial charge in [0.2, 0.25) is 0 Å². The van der Waals surface area contributed by atoms with Crippen LogP contribution in [0.15, 0.2) is 24.3 Å². The number of carbonyl (C=O) groups is 2. The standard InChI is InChI=1S/C43H82NO8P/c1-3-5-7-9-11-13-15-17-19-20-22-24-26-28-30-32-34-36-43(46)52-41(40-51-53(47,48)50-38-37-44)39-49-42(45)35-33-31-29-27-25-23-21-18-16-14-12-10-8-6-4-2/h29,31,33,35,41H,3-28,30,32,34,36-40,44H2,1-2H3,(H,47,48)/b31-29+,35-33+/t41-/m1/s1.